The van der Waals surface area contributed by atoms with Gasteiger partial charge in [-0.3, -0.25) is 0 Å². The standard InChI is InChI=1S/C13H21N/c1-10(2)9-13(14-4)12-7-5-11(3)6-8-12/h5-8,10,13-14H,9H2,1-4H3. The highest BCUT2D eigenvalue weighted by Gasteiger charge is 2.10. The minimum Gasteiger partial charge on any atom is -0.313 e. The number of benzene rings is 1. The van der Waals surface area contributed by atoms with Crippen LogP contribution in [-0.2, 0) is 0 Å². The molecule has 1 unspecified atom stereocenters. The molecule has 1 rings (SSSR count). The van der Waals surface area contributed by atoms with E-state index in [4.69, 9.17) is 0 Å². The van der Waals surface area contributed by atoms with Crippen LogP contribution in [-0.4, -0.2) is 7.05 Å². The lowest BCUT2D eigenvalue weighted by Crippen LogP contribution is -2.18. The number of aryl methyl sites for hydroxylation is 1. The monoisotopic (exact) mass is 191 g/mol. The lowest BCUT2D eigenvalue weighted by atomic mass is 9.96. The maximum Gasteiger partial charge on any atom is 0.0319 e. The van der Waals surface area contributed by atoms with Gasteiger partial charge in [0.2, 0.25) is 0 Å². The summed E-state index contributed by atoms with van der Waals surface area (Å²) < 4.78 is 0. The summed E-state index contributed by atoms with van der Waals surface area (Å²) in [5, 5.41) is 3.37. The zero-order valence-electron chi connectivity index (χ0n) is 9.67. The highest BCUT2D eigenvalue weighted by Crippen LogP contribution is 2.20. The lowest BCUT2D eigenvalue weighted by molar-refractivity contribution is 0.457. The molecule has 78 valence electrons. The summed E-state index contributed by atoms with van der Waals surface area (Å²) in [4.78, 5) is 0. The summed E-state index contributed by atoms with van der Waals surface area (Å²) in [6, 6.07) is 9.30. The first kappa shape index (κ1) is 11.3. The average molecular weight is 191 g/mol. The summed E-state index contributed by atoms with van der Waals surface area (Å²) >= 11 is 0. The van der Waals surface area contributed by atoms with Gasteiger partial charge in [0.25, 0.3) is 0 Å². The van der Waals surface area contributed by atoms with E-state index in [0.717, 1.165) is 5.92 Å². The van der Waals surface area contributed by atoms with Crippen molar-refractivity contribution in [2.75, 3.05) is 7.05 Å². The van der Waals surface area contributed by atoms with Crippen molar-refractivity contribution < 1.29 is 0 Å². The van der Waals surface area contributed by atoms with E-state index in [-0.39, 0.29) is 0 Å². The van der Waals surface area contributed by atoms with E-state index in [1.165, 1.54) is 17.5 Å². The van der Waals surface area contributed by atoms with Gasteiger partial charge in [0.1, 0.15) is 0 Å². The number of rotatable bonds is 4. The van der Waals surface area contributed by atoms with Crippen molar-refractivity contribution in [3.63, 3.8) is 0 Å². The molecule has 0 aromatic heterocycles. The minimum absolute atomic E-state index is 0.496. The molecule has 0 bridgehead atoms. The van der Waals surface area contributed by atoms with Gasteiger partial charge < -0.3 is 5.32 Å². The van der Waals surface area contributed by atoms with Crippen LogP contribution in [0.4, 0.5) is 0 Å². The molecule has 0 aliphatic carbocycles. The van der Waals surface area contributed by atoms with Crippen LogP contribution in [0.2, 0.25) is 0 Å². The Balaban J connectivity index is 2.73. The Hall–Kier alpha value is -0.820. The molecule has 1 nitrogen and oxygen atoms in total. The zero-order chi connectivity index (χ0) is 10.6. The predicted molar refractivity (Wildman–Crippen MR) is 62.4 cm³/mol. The van der Waals surface area contributed by atoms with Crippen molar-refractivity contribution >= 4 is 0 Å². The molecule has 0 amide bonds. The number of hydrogen-bond acceptors (Lipinski definition) is 1. The summed E-state index contributed by atoms with van der Waals surface area (Å²) in [5.74, 6) is 0.730. The van der Waals surface area contributed by atoms with Crippen LogP contribution in [0.1, 0.15) is 37.4 Å². The van der Waals surface area contributed by atoms with Gasteiger partial charge >= 0.3 is 0 Å². The Morgan fingerprint density at radius 2 is 1.71 bits per heavy atom. The van der Waals surface area contributed by atoms with E-state index in [1.807, 2.05) is 7.05 Å². The van der Waals surface area contributed by atoms with Crippen molar-refractivity contribution in [3.05, 3.63) is 35.4 Å². The Morgan fingerprint density at radius 1 is 1.14 bits per heavy atom. The molecule has 0 spiro atoms. The molecule has 1 heteroatoms. The largest absolute Gasteiger partial charge is 0.313 e. The normalized spacial score (nSPS) is 13.2. The van der Waals surface area contributed by atoms with E-state index in [9.17, 15) is 0 Å². The van der Waals surface area contributed by atoms with Crippen LogP contribution in [0.3, 0.4) is 0 Å². The van der Waals surface area contributed by atoms with Gasteiger partial charge in [0.05, 0.1) is 0 Å². The highest BCUT2D eigenvalue weighted by molar-refractivity contribution is 5.24. The summed E-state index contributed by atoms with van der Waals surface area (Å²) in [7, 11) is 2.03. The van der Waals surface area contributed by atoms with Gasteiger partial charge in [-0.05, 0) is 31.9 Å². The van der Waals surface area contributed by atoms with E-state index in [0.29, 0.717) is 6.04 Å². The summed E-state index contributed by atoms with van der Waals surface area (Å²) in [6.07, 6.45) is 1.19. The Kier molecular flexibility index (Phi) is 4.15. The van der Waals surface area contributed by atoms with Crippen molar-refractivity contribution in [3.8, 4) is 0 Å². The molecule has 0 saturated heterocycles. The molecule has 0 aliphatic heterocycles. The van der Waals surface area contributed by atoms with Gasteiger partial charge in [-0.1, -0.05) is 43.7 Å². The molecular weight excluding hydrogens is 170 g/mol. The third kappa shape index (κ3) is 3.15. The van der Waals surface area contributed by atoms with E-state index in [1.54, 1.807) is 0 Å². The average Bonchev–Trinajstić information content (AvgIpc) is 2.15. The molecule has 0 fully saturated rings. The Bertz CT molecular complexity index is 261. The van der Waals surface area contributed by atoms with Gasteiger partial charge in [0.15, 0.2) is 0 Å². The molecule has 0 radical (unpaired) electrons. The first-order valence-electron chi connectivity index (χ1n) is 5.37. The summed E-state index contributed by atoms with van der Waals surface area (Å²) in [6.45, 7) is 6.65. The lowest BCUT2D eigenvalue weighted by Gasteiger charge is -2.18. The molecule has 0 heterocycles. The fraction of sp³-hybridized carbons (Fsp3) is 0.538. The fourth-order valence-electron chi connectivity index (χ4n) is 1.69. The van der Waals surface area contributed by atoms with Gasteiger partial charge in [-0.2, -0.15) is 0 Å². The van der Waals surface area contributed by atoms with Crippen molar-refractivity contribution in [2.45, 2.75) is 33.2 Å². The van der Waals surface area contributed by atoms with E-state index >= 15 is 0 Å². The van der Waals surface area contributed by atoms with E-state index < -0.39 is 0 Å². The Morgan fingerprint density at radius 3 is 2.14 bits per heavy atom. The second-order valence-electron chi connectivity index (χ2n) is 4.38. The van der Waals surface area contributed by atoms with Crippen molar-refractivity contribution in [2.24, 2.45) is 5.92 Å². The van der Waals surface area contributed by atoms with Gasteiger partial charge in [-0.15, -0.1) is 0 Å². The topological polar surface area (TPSA) is 12.0 Å². The van der Waals surface area contributed by atoms with Gasteiger partial charge in [0, 0.05) is 6.04 Å². The van der Waals surface area contributed by atoms with Crippen LogP contribution in [0.15, 0.2) is 24.3 Å². The maximum absolute atomic E-state index is 3.37. The van der Waals surface area contributed by atoms with Crippen molar-refractivity contribution in [1.82, 2.24) is 5.32 Å². The zero-order valence-corrected chi connectivity index (χ0v) is 9.67. The SMILES string of the molecule is CNC(CC(C)C)c1ccc(C)cc1. The summed E-state index contributed by atoms with van der Waals surface area (Å²) in [5.41, 5.74) is 2.72. The Labute approximate surface area is 87.5 Å². The highest BCUT2D eigenvalue weighted by atomic mass is 14.9. The van der Waals surface area contributed by atoms with E-state index in [2.05, 4.69) is 50.4 Å². The quantitative estimate of drug-likeness (QED) is 0.770. The fourth-order valence-corrected chi connectivity index (χ4v) is 1.69. The third-order valence-corrected chi connectivity index (χ3v) is 2.54. The van der Waals surface area contributed by atoms with Crippen molar-refractivity contribution in [1.29, 1.82) is 0 Å². The van der Waals surface area contributed by atoms with Crippen LogP contribution in [0, 0.1) is 12.8 Å². The minimum atomic E-state index is 0.496. The maximum atomic E-state index is 3.37. The number of hydrogen-bond donors (Lipinski definition) is 1. The molecule has 1 N–H and O–H groups in total. The first-order valence-corrected chi connectivity index (χ1v) is 5.37. The third-order valence-electron chi connectivity index (χ3n) is 2.54. The smallest absolute Gasteiger partial charge is 0.0319 e. The van der Waals surface area contributed by atoms with Gasteiger partial charge in [-0.25, -0.2) is 0 Å². The predicted octanol–water partition coefficient (Wildman–Crippen LogP) is 3.30. The number of nitrogens with one attached hydrogen (secondary N) is 1. The second-order valence-corrected chi connectivity index (χ2v) is 4.38. The van der Waals surface area contributed by atoms with Crippen LogP contribution in [0.25, 0.3) is 0 Å². The molecule has 0 saturated carbocycles. The molecule has 1 atom stereocenters. The van der Waals surface area contributed by atoms with Crippen LogP contribution >= 0.6 is 0 Å². The van der Waals surface area contributed by atoms with Crippen LogP contribution in [0.5, 0.6) is 0 Å². The molecule has 14 heavy (non-hydrogen) atoms. The molecule has 1 aromatic carbocycles. The molecular formula is C13H21N. The molecule has 0 aliphatic rings. The molecule has 1 aromatic rings. The first-order chi connectivity index (χ1) is 6.63. The second kappa shape index (κ2) is 5.16. The van der Waals surface area contributed by atoms with Crippen LogP contribution < -0.4 is 5.32 Å².